The van der Waals surface area contributed by atoms with Gasteiger partial charge in [0.05, 0.1) is 11.9 Å². The summed E-state index contributed by atoms with van der Waals surface area (Å²) in [6.07, 6.45) is 4.07. The molecule has 3 rings (SSSR count). The molecule has 0 atom stereocenters. The van der Waals surface area contributed by atoms with Crippen LogP contribution in [0.5, 0.6) is 0 Å². The largest absolute Gasteiger partial charge is 0.340 e. The Morgan fingerprint density at radius 2 is 2.04 bits per heavy atom. The maximum absolute atomic E-state index is 11.7. The second kappa shape index (κ2) is 6.69. The van der Waals surface area contributed by atoms with Gasteiger partial charge in [-0.3, -0.25) is 5.32 Å². The van der Waals surface area contributed by atoms with Crippen molar-refractivity contribution in [2.24, 2.45) is 0 Å². The van der Waals surface area contributed by atoms with Gasteiger partial charge < -0.3 is 10.2 Å². The molecule has 0 unspecified atom stereocenters. The van der Waals surface area contributed by atoms with Crippen LogP contribution in [0.25, 0.3) is 0 Å². The van der Waals surface area contributed by atoms with E-state index in [2.05, 4.69) is 44.8 Å². The molecule has 0 bridgehead atoms. The molecule has 2 aromatic rings. The van der Waals surface area contributed by atoms with Crippen LogP contribution < -0.4 is 15.5 Å². The molecule has 2 amide bonds. The van der Waals surface area contributed by atoms with E-state index in [1.807, 2.05) is 32.2 Å². The molecule has 2 heterocycles. The minimum absolute atomic E-state index is 0.0964. The fraction of sp³-hybridized carbons (Fsp3) is 0.333. The Kier molecular flexibility index (Phi) is 4.46. The molecule has 1 aromatic heterocycles. The molecule has 23 heavy (non-hydrogen) atoms. The molecule has 5 nitrogen and oxygen atoms in total. The maximum atomic E-state index is 11.7. The fourth-order valence-corrected chi connectivity index (χ4v) is 2.84. The van der Waals surface area contributed by atoms with Gasteiger partial charge in [0.2, 0.25) is 0 Å². The van der Waals surface area contributed by atoms with Gasteiger partial charge in [-0.25, -0.2) is 9.78 Å². The van der Waals surface area contributed by atoms with E-state index in [1.165, 1.54) is 11.3 Å². The zero-order chi connectivity index (χ0) is 16.2. The lowest BCUT2D eigenvalue weighted by Gasteiger charge is -2.31. The number of aromatic nitrogens is 1. The van der Waals surface area contributed by atoms with Crippen molar-refractivity contribution in [1.82, 2.24) is 10.3 Å². The van der Waals surface area contributed by atoms with Crippen molar-refractivity contribution >= 4 is 23.2 Å². The minimum Gasteiger partial charge on any atom is -0.340 e. The number of urea groups is 1. The normalized spacial score (nSPS) is 13.6. The third-order valence-corrected chi connectivity index (χ3v) is 3.83. The molecule has 0 spiro atoms. The number of hydrogen-bond donors (Lipinski definition) is 2. The van der Waals surface area contributed by atoms with Gasteiger partial charge in [0.25, 0.3) is 0 Å². The number of pyridine rings is 1. The summed E-state index contributed by atoms with van der Waals surface area (Å²) in [6.45, 7) is 4.83. The van der Waals surface area contributed by atoms with Crippen LogP contribution in [0, 0.1) is 0 Å². The molecule has 120 valence electrons. The van der Waals surface area contributed by atoms with E-state index in [-0.39, 0.29) is 12.1 Å². The maximum Gasteiger partial charge on any atom is 0.320 e. The molecule has 0 saturated heterocycles. The second-order valence-corrected chi connectivity index (χ2v) is 6.04. The SMILES string of the molecule is CC(C)NC(=O)Nc1ccc(N2CCCc3ccccc32)cn1. The summed E-state index contributed by atoms with van der Waals surface area (Å²) in [7, 11) is 0. The monoisotopic (exact) mass is 310 g/mol. The zero-order valence-corrected chi connectivity index (χ0v) is 13.5. The van der Waals surface area contributed by atoms with Gasteiger partial charge in [-0.1, -0.05) is 18.2 Å². The summed E-state index contributed by atoms with van der Waals surface area (Å²) in [5, 5.41) is 5.52. The highest BCUT2D eigenvalue weighted by molar-refractivity contribution is 5.88. The number of anilines is 3. The van der Waals surface area contributed by atoms with Gasteiger partial charge in [-0.15, -0.1) is 0 Å². The number of hydrogen-bond acceptors (Lipinski definition) is 3. The Morgan fingerprint density at radius 3 is 2.78 bits per heavy atom. The average molecular weight is 310 g/mol. The van der Waals surface area contributed by atoms with E-state index in [4.69, 9.17) is 0 Å². The highest BCUT2D eigenvalue weighted by Gasteiger charge is 2.17. The molecular weight excluding hydrogens is 288 g/mol. The molecule has 1 aliphatic heterocycles. The van der Waals surface area contributed by atoms with E-state index < -0.39 is 0 Å². The van der Waals surface area contributed by atoms with Crippen LogP contribution in [0.3, 0.4) is 0 Å². The van der Waals surface area contributed by atoms with Crippen molar-refractivity contribution in [2.45, 2.75) is 32.7 Å². The predicted molar refractivity (Wildman–Crippen MR) is 93.3 cm³/mol. The van der Waals surface area contributed by atoms with Crippen molar-refractivity contribution in [2.75, 3.05) is 16.8 Å². The Balaban J connectivity index is 1.74. The van der Waals surface area contributed by atoms with Crippen molar-refractivity contribution < 1.29 is 4.79 Å². The number of aryl methyl sites for hydroxylation is 1. The zero-order valence-electron chi connectivity index (χ0n) is 13.5. The van der Waals surface area contributed by atoms with E-state index in [1.54, 1.807) is 0 Å². The first kappa shape index (κ1) is 15.3. The van der Waals surface area contributed by atoms with Crippen molar-refractivity contribution in [1.29, 1.82) is 0 Å². The van der Waals surface area contributed by atoms with Gasteiger partial charge in [-0.2, -0.15) is 0 Å². The molecule has 2 N–H and O–H groups in total. The van der Waals surface area contributed by atoms with Gasteiger partial charge in [0.15, 0.2) is 0 Å². The quantitative estimate of drug-likeness (QED) is 0.909. The summed E-state index contributed by atoms with van der Waals surface area (Å²) in [6, 6.07) is 12.2. The van der Waals surface area contributed by atoms with Crippen LogP contribution in [0.1, 0.15) is 25.8 Å². The smallest absolute Gasteiger partial charge is 0.320 e. The van der Waals surface area contributed by atoms with Crippen LogP contribution >= 0.6 is 0 Å². The van der Waals surface area contributed by atoms with Gasteiger partial charge in [-0.05, 0) is 50.5 Å². The van der Waals surface area contributed by atoms with E-state index >= 15 is 0 Å². The summed E-state index contributed by atoms with van der Waals surface area (Å²) in [5.41, 5.74) is 3.67. The highest BCUT2D eigenvalue weighted by atomic mass is 16.2. The molecule has 0 radical (unpaired) electrons. The number of para-hydroxylation sites is 1. The number of amides is 2. The van der Waals surface area contributed by atoms with Gasteiger partial charge in [0.1, 0.15) is 5.82 Å². The lowest BCUT2D eigenvalue weighted by molar-refractivity contribution is 0.250. The number of nitrogens with one attached hydrogen (secondary N) is 2. The molecule has 0 saturated carbocycles. The number of benzene rings is 1. The Hall–Kier alpha value is -2.56. The lowest BCUT2D eigenvalue weighted by Crippen LogP contribution is -2.34. The first-order valence-corrected chi connectivity index (χ1v) is 8.02. The molecule has 5 heteroatoms. The van der Waals surface area contributed by atoms with Crippen LogP contribution in [-0.4, -0.2) is 23.6 Å². The molecule has 0 fully saturated rings. The standard InChI is InChI=1S/C18H22N4O/c1-13(2)20-18(23)21-17-10-9-15(12-19-17)22-11-5-7-14-6-3-4-8-16(14)22/h3-4,6,8-10,12-13H,5,7,11H2,1-2H3,(H2,19,20,21,23). The Morgan fingerprint density at radius 1 is 1.22 bits per heavy atom. The first-order valence-electron chi connectivity index (χ1n) is 8.02. The van der Waals surface area contributed by atoms with Crippen molar-refractivity contribution in [3.63, 3.8) is 0 Å². The number of nitrogens with zero attached hydrogens (tertiary/aromatic N) is 2. The van der Waals surface area contributed by atoms with Gasteiger partial charge >= 0.3 is 6.03 Å². The molecular formula is C18H22N4O. The van der Waals surface area contributed by atoms with E-state index in [0.29, 0.717) is 5.82 Å². The van der Waals surface area contributed by atoms with Crippen molar-refractivity contribution in [3.05, 3.63) is 48.2 Å². The van der Waals surface area contributed by atoms with Crippen LogP contribution in [0.15, 0.2) is 42.6 Å². The third-order valence-electron chi connectivity index (χ3n) is 3.83. The van der Waals surface area contributed by atoms with Crippen LogP contribution in [0.2, 0.25) is 0 Å². The Labute approximate surface area is 136 Å². The summed E-state index contributed by atoms with van der Waals surface area (Å²) >= 11 is 0. The number of carbonyl (C=O) groups excluding carboxylic acids is 1. The number of carbonyl (C=O) groups is 1. The number of fused-ring (bicyclic) bond motifs is 1. The molecule has 1 aromatic carbocycles. The summed E-state index contributed by atoms with van der Waals surface area (Å²) in [5.74, 6) is 0.553. The van der Waals surface area contributed by atoms with Crippen molar-refractivity contribution in [3.8, 4) is 0 Å². The van der Waals surface area contributed by atoms with Gasteiger partial charge in [0, 0.05) is 18.3 Å². The lowest BCUT2D eigenvalue weighted by atomic mass is 10.0. The van der Waals surface area contributed by atoms with Crippen LogP contribution in [0.4, 0.5) is 22.0 Å². The first-order chi connectivity index (χ1) is 11.1. The topological polar surface area (TPSA) is 57.3 Å². The van der Waals surface area contributed by atoms with E-state index in [9.17, 15) is 4.79 Å². The van der Waals surface area contributed by atoms with Crippen LogP contribution in [-0.2, 0) is 6.42 Å². The third kappa shape index (κ3) is 3.62. The Bertz CT molecular complexity index is 682. The second-order valence-electron chi connectivity index (χ2n) is 6.04. The minimum atomic E-state index is -0.233. The summed E-state index contributed by atoms with van der Waals surface area (Å²) < 4.78 is 0. The fourth-order valence-electron chi connectivity index (χ4n) is 2.84. The summed E-state index contributed by atoms with van der Waals surface area (Å²) in [4.78, 5) is 18.3. The molecule has 1 aliphatic rings. The highest BCUT2D eigenvalue weighted by Crippen LogP contribution is 2.33. The van der Waals surface area contributed by atoms with E-state index in [0.717, 1.165) is 25.1 Å². The molecule has 0 aliphatic carbocycles. The predicted octanol–water partition coefficient (Wildman–Crippen LogP) is 3.70. The average Bonchev–Trinajstić information content (AvgIpc) is 2.54. The number of rotatable bonds is 3.